The summed E-state index contributed by atoms with van der Waals surface area (Å²) in [5.74, 6) is -0.628. The van der Waals surface area contributed by atoms with Crippen LogP contribution in [-0.4, -0.2) is 24.3 Å². The molecule has 0 radical (unpaired) electrons. The van der Waals surface area contributed by atoms with Gasteiger partial charge in [0.05, 0.1) is 11.6 Å². The van der Waals surface area contributed by atoms with Crippen molar-refractivity contribution in [3.8, 4) is 0 Å². The molecule has 0 fully saturated rings. The van der Waals surface area contributed by atoms with Gasteiger partial charge in [0.2, 0.25) is 5.52 Å². The standard InChI is InChI=1S/C21H24ClO4P/c1-3-4-8-14-26-19(23)15-27(25,17-11-6-5-7-12-17)21(24)20-16(2)10-9-13-18(20)22/h5-7,9-13H,3-4,8,14-15H2,1-2H3. The van der Waals surface area contributed by atoms with Gasteiger partial charge in [-0.05, 0) is 25.0 Å². The Bertz CT molecular complexity index is 828. The van der Waals surface area contributed by atoms with E-state index in [2.05, 4.69) is 6.92 Å². The molecule has 0 aliphatic carbocycles. The highest BCUT2D eigenvalue weighted by Crippen LogP contribution is 2.49. The first kappa shape index (κ1) is 21.4. The molecule has 1 atom stereocenters. The molecule has 0 aliphatic rings. The number of ether oxygens (including phenoxy) is 1. The Morgan fingerprint density at radius 3 is 2.37 bits per heavy atom. The zero-order chi connectivity index (χ0) is 19.9. The molecule has 27 heavy (non-hydrogen) atoms. The van der Waals surface area contributed by atoms with Crippen LogP contribution in [0.2, 0.25) is 5.02 Å². The lowest BCUT2D eigenvalue weighted by molar-refractivity contribution is -0.140. The lowest BCUT2D eigenvalue weighted by atomic mass is 10.1. The zero-order valence-electron chi connectivity index (χ0n) is 15.6. The second-order valence-electron chi connectivity index (χ2n) is 6.40. The van der Waals surface area contributed by atoms with Crippen LogP contribution in [0.1, 0.15) is 42.1 Å². The van der Waals surface area contributed by atoms with Gasteiger partial charge in [-0.1, -0.05) is 73.8 Å². The molecule has 2 aromatic rings. The predicted octanol–water partition coefficient (Wildman–Crippen LogP) is 5.21. The SMILES string of the molecule is CCCCCOC(=O)CP(=O)(C(=O)c1c(C)cccc1Cl)c1ccccc1. The first-order valence-electron chi connectivity index (χ1n) is 9.00. The van der Waals surface area contributed by atoms with Crippen molar-refractivity contribution in [1.29, 1.82) is 0 Å². The largest absolute Gasteiger partial charge is 0.465 e. The van der Waals surface area contributed by atoms with Crippen LogP contribution >= 0.6 is 18.7 Å². The van der Waals surface area contributed by atoms with Gasteiger partial charge in [-0.2, -0.15) is 0 Å². The molecule has 0 saturated heterocycles. The topological polar surface area (TPSA) is 60.4 Å². The Morgan fingerprint density at radius 1 is 1.04 bits per heavy atom. The quantitative estimate of drug-likeness (QED) is 0.326. The highest BCUT2D eigenvalue weighted by Gasteiger charge is 2.39. The van der Waals surface area contributed by atoms with Crippen molar-refractivity contribution in [2.75, 3.05) is 12.8 Å². The van der Waals surface area contributed by atoms with E-state index in [4.69, 9.17) is 16.3 Å². The first-order valence-corrected chi connectivity index (χ1v) is 11.3. The third-order valence-corrected chi connectivity index (χ3v) is 7.33. The Labute approximate surface area is 165 Å². The Balaban J connectivity index is 2.36. The minimum atomic E-state index is -3.75. The molecule has 1 unspecified atom stereocenters. The van der Waals surface area contributed by atoms with Crippen LogP contribution < -0.4 is 5.30 Å². The first-order chi connectivity index (χ1) is 12.9. The summed E-state index contributed by atoms with van der Waals surface area (Å²) >= 11 is 6.21. The summed E-state index contributed by atoms with van der Waals surface area (Å²) in [4.78, 5) is 25.6. The fourth-order valence-electron chi connectivity index (χ4n) is 2.80. The van der Waals surface area contributed by atoms with Gasteiger partial charge >= 0.3 is 5.97 Å². The van der Waals surface area contributed by atoms with Crippen molar-refractivity contribution < 1.29 is 18.9 Å². The number of carbonyl (C=O) groups excluding carboxylic acids is 2. The average Bonchev–Trinajstić information content (AvgIpc) is 2.65. The fraction of sp³-hybridized carbons (Fsp3) is 0.333. The van der Waals surface area contributed by atoms with Gasteiger partial charge < -0.3 is 9.30 Å². The smallest absolute Gasteiger partial charge is 0.314 e. The summed E-state index contributed by atoms with van der Waals surface area (Å²) in [7, 11) is -3.75. The Hall–Kier alpha value is -1.90. The molecule has 144 valence electrons. The van der Waals surface area contributed by atoms with Gasteiger partial charge in [-0.15, -0.1) is 0 Å². The summed E-state index contributed by atoms with van der Waals surface area (Å²) in [6.45, 7) is 4.05. The number of rotatable bonds is 9. The predicted molar refractivity (Wildman–Crippen MR) is 110 cm³/mol. The van der Waals surface area contributed by atoms with E-state index in [1.807, 2.05) is 0 Å². The van der Waals surface area contributed by atoms with Crippen LogP contribution in [0.25, 0.3) is 0 Å². The van der Waals surface area contributed by atoms with Crippen LogP contribution in [-0.2, 0) is 14.1 Å². The number of halogens is 1. The van der Waals surface area contributed by atoms with E-state index >= 15 is 0 Å². The molecule has 0 heterocycles. The number of unbranched alkanes of at least 4 members (excludes halogenated alkanes) is 2. The molecule has 0 aromatic heterocycles. The summed E-state index contributed by atoms with van der Waals surface area (Å²) in [5, 5.41) is 0.562. The van der Waals surface area contributed by atoms with E-state index < -0.39 is 24.8 Å². The minimum Gasteiger partial charge on any atom is -0.465 e. The summed E-state index contributed by atoms with van der Waals surface area (Å²) in [6, 6.07) is 13.4. The number of benzene rings is 2. The van der Waals surface area contributed by atoms with Crippen molar-refractivity contribution in [3.05, 3.63) is 64.7 Å². The van der Waals surface area contributed by atoms with E-state index in [0.717, 1.165) is 19.3 Å². The molecule has 2 rings (SSSR count). The molecule has 0 amide bonds. The molecule has 6 heteroatoms. The summed E-state index contributed by atoms with van der Waals surface area (Å²) < 4.78 is 19.0. The molecule has 0 bridgehead atoms. The number of carbonyl (C=O) groups is 2. The van der Waals surface area contributed by atoms with Gasteiger partial charge in [0, 0.05) is 10.9 Å². The molecule has 2 aromatic carbocycles. The number of hydrogen-bond donors (Lipinski definition) is 0. The van der Waals surface area contributed by atoms with E-state index in [1.54, 1.807) is 55.5 Å². The Morgan fingerprint density at radius 2 is 1.74 bits per heavy atom. The molecule has 0 saturated carbocycles. The van der Waals surface area contributed by atoms with E-state index in [1.165, 1.54) is 0 Å². The van der Waals surface area contributed by atoms with E-state index in [-0.39, 0.29) is 17.2 Å². The van der Waals surface area contributed by atoms with Crippen LogP contribution in [0.5, 0.6) is 0 Å². The average molecular weight is 407 g/mol. The molecule has 0 N–H and O–H groups in total. The highest BCUT2D eigenvalue weighted by molar-refractivity contribution is 7.88. The van der Waals surface area contributed by atoms with E-state index in [0.29, 0.717) is 10.9 Å². The van der Waals surface area contributed by atoms with Gasteiger partial charge in [-0.25, -0.2) is 0 Å². The van der Waals surface area contributed by atoms with Crippen LogP contribution in [0.15, 0.2) is 48.5 Å². The van der Waals surface area contributed by atoms with Gasteiger partial charge in [0.1, 0.15) is 6.16 Å². The summed E-state index contributed by atoms with van der Waals surface area (Å²) in [5.41, 5.74) is 0.215. The normalized spacial score (nSPS) is 13.0. The maximum Gasteiger partial charge on any atom is 0.314 e. The second-order valence-corrected chi connectivity index (χ2v) is 9.52. The minimum absolute atomic E-state index is 0.199. The maximum absolute atomic E-state index is 13.8. The zero-order valence-corrected chi connectivity index (χ0v) is 17.3. The van der Waals surface area contributed by atoms with Crippen LogP contribution in [0.4, 0.5) is 0 Å². The van der Waals surface area contributed by atoms with Crippen molar-refractivity contribution in [2.24, 2.45) is 0 Å². The van der Waals surface area contributed by atoms with Crippen LogP contribution in [0.3, 0.4) is 0 Å². The fourth-order valence-corrected chi connectivity index (χ4v) is 5.50. The monoisotopic (exact) mass is 406 g/mol. The third kappa shape index (κ3) is 5.31. The van der Waals surface area contributed by atoms with Gasteiger partial charge in [-0.3, -0.25) is 9.59 Å². The third-order valence-electron chi connectivity index (χ3n) is 4.30. The molecule has 4 nitrogen and oxygen atoms in total. The second kappa shape index (κ2) is 9.87. The lowest BCUT2D eigenvalue weighted by Gasteiger charge is -2.19. The lowest BCUT2D eigenvalue weighted by Crippen LogP contribution is -2.22. The maximum atomic E-state index is 13.8. The molecular weight excluding hydrogens is 383 g/mol. The highest BCUT2D eigenvalue weighted by atomic mass is 35.5. The van der Waals surface area contributed by atoms with Crippen molar-refractivity contribution in [2.45, 2.75) is 33.1 Å². The number of hydrogen-bond acceptors (Lipinski definition) is 4. The van der Waals surface area contributed by atoms with Gasteiger partial charge in [0.15, 0.2) is 7.14 Å². The van der Waals surface area contributed by atoms with Crippen molar-refractivity contribution in [1.82, 2.24) is 0 Å². The van der Waals surface area contributed by atoms with Crippen LogP contribution in [0, 0.1) is 6.92 Å². The molecular formula is C21H24ClO4P. The molecule has 0 spiro atoms. The summed E-state index contributed by atoms with van der Waals surface area (Å²) in [6.07, 6.45) is 2.23. The van der Waals surface area contributed by atoms with Gasteiger partial charge in [0.25, 0.3) is 0 Å². The van der Waals surface area contributed by atoms with Crippen molar-refractivity contribution in [3.63, 3.8) is 0 Å². The number of aryl methyl sites for hydroxylation is 1. The number of esters is 1. The van der Waals surface area contributed by atoms with Crippen molar-refractivity contribution >= 4 is 35.5 Å². The Kier molecular flexibility index (Phi) is 7.82. The molecule has 0 aliphatic heterocycles. The van der Waals surface area contributed by atoms with E-state index in [9.17, 15) is 14.2 Å².